The number of hydrogen-bond acceptors (Lipinski definition) is 2. The van der Waals surface area contributed by atoms with Crippen LogP contribution in [-0.4, -0.2) is 19.9 Å². The second-order valence-electron chi connectivity index (χ2n) is 10.9. The molecule has 2 N–H and O–H groups in total. The summed E-state index contributed by atoms with van der Waals surface area (Å²) in [5, 5.41) is 0. The predicted molar refractivity (Wildman–Crippen MR) is 174 cm³/mol. The number of aromatic nitrogens is 4. The summed E-state index contributed by atoms with van der Waals surface area (Å²) in [5.41, 5.74) is 20.4. The molecule has 2 aliphatic rings. The van der Waals surface area contributed by atoms with Gasteiger partial charge in [-0.1, -0.05) is 55.4 Å². The van der Waals surface area contributed by atoms with E-state index in [9.17, 15) is 0 Å². The van der Waals surface area contributed by atoms with E-state index in [1.165, 1.54) is 78.0 Å². The van der Waals surface area contributed by atoms with Crippen LogP contribution in [0.4, 0.5) is 0 Å². The van der Waals surface area contributed by atoms with Crippen molar-refractivity contribution in [1.82, 2.24) is 19.9 Å². The third kappa shape index (κ3) is 5.17. The number of hydrogen-bond donors (Lipinski definition) is 2. The summed E-state index contributed by atoms with van der Waals surface area (Å²) in [5.74, 6) is 0. The Balaban J connectivity index is 0.00000387. The molecule has 0 unspecified atom stereocenters. The smallest absolute Gasteiger partial charge is 0.0725 e. The van der Waals surface area contributed by atoms with Crippen molar-refractivity contribution < 1.29 is 17.4 Å². The van der Waals surface area contributed by atoms with Crippen LogP contribution in [-0.2, 0) is 55.9 Å². The Labute approximate surface area is 257 Å². The zero-order valence-corrected chi connectivity index (χ0v) is 27.5. The molecule has 0 amide bonds. The monoisotopic (exact) mass is 586 g/mol. The van der Waals surface area contributed by atoms with E-state index in [0.29, 0.717) is 0 Å². The summed E-state index contributed by atoms with van der Waals surface area (Å²) in [6.45, 7) is 18.3. The summed E-state index contributed by atoms with van der Waals surface area (Å²) in [6.07, 6.45) is 12.1. The second-order valence-corrected chi connectivity index (χ2v) is 10.9. The van der Waals surface area contributed by atoms with Gasteiger partial charge in [-0.2, -0.15) is 0 Å². The Kier molecular flexibility index (Phi) is 9.83. The average molecular weight is 587 g/mol. The molecule has 5 heterocycles. The summed E-state index contributed by atoms with van der Waals surface area (Å²) < 4.78 is 0. The molecule has 0 atom stereocenters. The van der Waals surface area contributed by atoms with Crippen LogP contribution in [0.2, 0.25) is 0 Å². The number of aryl methyl sites for hydroxylation is 6. The van der Waals surface area contributed by atoms with Gasteiger partial charge in [-0.25, -0.2) is 9.97 Å². The fourth-order valence-electron chi connectivity index (χ4n) is 7.12. The van der Waals surface area contributed by atoms with Gasteiger partial charge in [-0.05, 0) is 109 Å². The third-order valence-electron chi connectivity index (χ3n) is 8.93. The molecule has 8 bridgehead atoms. The van der Waals surface area contributed by atoms with Crippen LogP contribution in [0.5, 0.6) is 0 Å². The van der Waals surface area contributed by atoms with Crippen LogP contribution in [0.3, 0.4) is 0 Å². The van der Waals surface area contributed by atoms with Gasteiger partial charge in [-0.3, -0.25) is 0 Å². The van der Waals surface area contributed by atoms with Crippen LogP contribution in [0.25, 0.3) is 45.4 Å². The van der Waals surface area contributed by atoms with Crippen molar-refractivity contribution in [2.24, 2.45) is 0 Å². The van der Waals surface area contributed by atoms with Crippen molar-refractivity contribution in [3.63, 3.8) is 0 Å². The number of nitrogens with zero attached hydrogens (tertiary/aromatic N) is 2. The Morgan fingerprint density at radius 2 is 0.829 bits per heavy atom. The molecule has 2 aliphatic heterocycles. The van der Waals surface area contributed by atoms with Crippen LogP contribution in [0.1, 0.15) is 124 Å². The molecule has 5 heteroatoms. The molecule has 3 aromatic heterocycles. The fourth-order valence-corrected chi connectivity index (χ4v) is 7.12. The molecular weight excluding hydrogens is 540 g/mol. The number of nitrogens with one attached hydrogen (secondary N) is 2. The minimum Gasteiger partial charge on any atom is -0.355 e. The Morgan fingerprint density at radius 3 is 1.15 bits per heavy atom. The Hall–Kier alpha value is -2.87. The molecule has 41 heavy (non-hydrogen) atoms. The number of aromatic amines is 2. The van der Waals surface area contributed by atoms with Crippen molar-refractivity contribution in [2.75, 3.05) is 0 Å². The summed E-state index contributed by atoms with van der Waals surface area (Å²) in [6, 6.07) is 4.47. The van der Waals surface area contributed by atoms with Crippen LogP contribution >= 0.6 is 0 Å². The first-order chi connectivity index (χ1) is 19.5. The molecule has 4 nitrogen and oxygen atoms in total. The molecule has 0 fully saturated rings. The van der Waals surface area contributed by atoms with E-state index in [2.05, 4.69) is 89.6 Å². The first kappa shape index (κ1) is 31.1. The van der Waals surface area contributed by atoms with Crippen LogP contribution in [0.15, 0.2) is 12.1 Å². The molecular formula is C36H46CrN4. The summed E-state index contributed by atoms with van der Waals surface area (Å²) >= 11 is 0. The number of rotatable bonds is 8. The van der Waals surface area contributed by atoms with E-state index in [1.54, 1.807) is 0 Å². The average Bonchev–Trinajstić information content (AvgIpc) is 3.73. The van der Waals surface area contributed by atoms with Gasteiger partial charge in [0.05, 0.1) is 22.8 Å². The van der Waals surface area contributed by atoms with Gasteiger partial charge in [0.1, 0.15) is 0 Å². The van der Waals surface area contributed by atoms with Crippen molar-refractivity contribution in [3.05, 3.63) is 68.3 Å². The van der Waals surface area contributed by atoms with Crippen molar-refractivity contribution in [1.29, 1.82) is 0 Å². The SMILES string of the molecule is CCC1=C(CC)c2nc1c(CC)c1[nH]c(cc3nc(cc4[nH]c(c2CC)c(CC)c4CC)C=C3)c(CC)c1CC.[Cr]. The van der Waals surface area contributed by atoms with E-state index in [-0.39, 0.29) is 17.4 Å². The molecule has 5 rings (SSSR count). The number of H-pyrrole nitrogens is 2. The van der Waals surface area contributed by atoms with E-state index in [0.717, 1.165) is 62.8 Å². The van der Waals surface area contributed by atoms with Gasteiger partial charge < -0.3 is 9.97 Å². The molecule has 0 radical (unpaired) electrons. The summed E-state index contributed by atoms with van der Waals surface area (Å²) in [7, 11) is 0. The molecule has 0 saturated heterocycles. The predicted octanol–water partition coefficient (Wildman–Crippen LogP) is 9.59. The molecule has 0 saturated carbocycles. The van der Waals surface area contributed by atoms with Gasteiger partial charge in [0, 0.05) is 50.6 Å². The molecule has 3 aromatic rings. The maximum Gasteiger partial charge on any atom is 0.0725 e. The number of fused-ring (bicyclic) bond motifs is 8. The third-order valence-corrected chi connectivity index (χ3v) is 8.93. The normalized spacial score (nSPS) is 12.8. The van der Waals surface area contributed by atoms with E-state index >= 15 is 0 Å². The maximum absolute atomic E-state index is 5.58. The van der Waals surface area contributed by atoms with E-state index in [1.807, 2.05) is 0 Å². The van der Waals surface area contributed by atoms with Crippen LogP contribution in [0, 0.1) is 0 Å². The first-order valence-electron chi connectivity index (χ1n) is 15.7. The van der Waals surface area contributed by atoms with Gasteiger partial charge >= 0.3 is 0 Å². The quantitative estimate of drug-likeness (QED) is 0.216. The van der Waals surface area contributed by atoms with E-state index < -0.39 is 0 Å². The van der Waals surface area contributed by atoms with Gasteiger partial charge in [-0.15, -0.1) is 0 Å². The number of allylic oxidation sites excluding steroid dienone is 2. The van der Waals surface area contributed by atoms with E-state index in [4.69, 9.17) is 9.97 Å². The maximum atomic E-state index is 5.58. The van der Waals surface area contributed by atoms with Crippen molar-refractivity contribution in [3.8, 4) is 0 Å². The van der Waals surface area contributed by atoms with Crippen molar-refractivity contribution >= 4 is 45.4 Å². The minimum absolute atomic E-state index is 0. The van der Waals surface area contributed by atoms with Crippen molar-refractivity contribution in [2.45, 2.75) is 107 Å². The zero-order chi connectivity index (χ0) is 28.6. The second kappa shape index (κ2) is 13.0. The molecule has 0 spiro atoms. The van der Waals surface area contributed by atoms with Gasteiger partial charge in [0.25, 0.3) is 0 Å². The first-order valence-corrected chi connectivity index (χ1v) is 15.7. The standard InChI is InChI=1S/C36H46N4.Cr/c1-9-23-25(11-3)33-29(15-7)35-27(13-5)28(14-6)36(40-35)30(16-8)34-26(12-4)24(10-2)32(39-34)20-22-18-17-21(37-22)19-31(23)38-33;/h17-20,38-39H,9-16H2,1-8H3;. The van der Waals surface area contributed by atoms with Crippen LogP contribution < -0.4 is 0 Å². The van der Waals surface area contributed by atoms with Gasteiger partial charge in [0.15, 0.2) is 0 Å². The summed E-state index contributed by atoms with van der Waals surface area (Å²) in [4.78, 5) is 18.4. The minimum atomic E-state index is 0. The topological polar surface area (TPSA) is 57.4 Å². The fraction of sp³-hybridized carbons (Fsp3) is 0.444. The Bertz CT molecular complexity index is 1560. The molecule has 216 valence electrons. The van der Waals surface area contributed by atoms with Gasteiger partial charge in [0.2, 0.25) is 0 Å². The zero-order valence-electron chi connectivity index (χ0n) is 26.3. The Morgan fingerprint density at radius 1 is 0.463 bits per heavy atom. The molecule has 0 aromatic carbocycles. The molecule has 0 aliphatic carbocycles. The largest absolute Gasteiger partial charge is 0.355 e.